The van der Waals surface area contributed by atoms with Crippen LogP contribution in [0.15, 0.2) is 16.5 Å². The van der Waals surface area contributed by atoms with E-state index in [1.807, 2.05) is 30.8 Å². The minimum Gasteiger partial charge on any atom is -0.465 e. The monoisotopic (exact) mass is 303 g/mol. The van der Waals surface area contributed by atoms with E-state index in [1.54, 1.807) is 0 Å². The summed E-state index contributed by atoms with van der Waals surface area (Å²) < 4.78 is 13.6. The molecule has 0 bridgehead atoms. The van der Waals surface area contributed by atoms with E-state index in [4.69, 9.17) is 9.15 Å². The Morgan fingerprint density at radius 2 is 2.14 bits per heavy atom. The van der Waals surface area contributed by atoms with Crippen LogP contribution in [0.5, 0.6) is 0 Å². The van der Waals surface area contributed by atoms with Gasteiger partial charge in [-0.15, -0.1) is 0 Å². The minimum atomic E-state index is 0.152. The molecule has 5 heteroatoms. The fourth-order valence-electron chi connectivity index (χ4n) is 3.32. The van der Waals surface area contributed by atoms with Crippen molar-refractivity contribution in [3.8, 4) is 0 Å². The molecule has 0 spiro atoms. The fourth-order valence-corrected chi connectivity index (χ4v) is 3.32. The summed E-state index contributed by atoms with van der Waals surface area (Å²) in [5.41, 5.74) is 3.55. The maximum atomic E-state index is 6.02. The first-order valence-corrected chi connectivity index (χ1v) is 7.94. The van der Waals surface area contributed by atoms with Crippen molar-refractivity contribution in [2.45, 2.75) is 39.8 Å². The van der Waals surface area contributed by atoms with E-state index in [-0.39, 0.29) is 6.10 Å². The minimum absolute atomic E-state index is 0.152. The van der Waals surface area contributed by atoms with Crippen molar-refractivity contribution in [3.05, 3.63) is 40.6 Å². The Kier molecular flexibility index (Phi) is 4.36. The lowest BCUT2D eigenvalue weighted by atomic mass is 9.94. The Labute approximate surface area is 131 Å². The van der Waals surface area contributed by atoms with Crippen LogP contribution in [0.4, 0.5) is 0 Å². The SMILES string of the molecule is Cc1ccc(CNC[C@@H]2CCO[C@H]2c2c(C)nn(C)c2C)o1. The third kappa shape index (κ3) is 2.96. The molecule has 3 heterocycles. The highest BCUT2D eigenvalue weighted by Gasteiger charge is 2.33. The van der Waals surface area contributed by atoms with Crippen LogP contribution < -0.4 is 5.32 Å². The molecule has 0 amide bonds. The average molecular weight is 303 g/mol. The molecule has 0 unspecified atom stereocenters. The molecule has 3 rings (SSSR count). The number of ether oxygens (including phenoxy) is 1. The predicted molar refractivity (Wildman–Crippen MR) is 84.6 cm³/mol. The summed E-state index contributed by atoms with van der Waals surface area (Å²) in [6.07, 6.45) is 1.24. The van der Waals surface area contributed by atoms with Crippen LogP contribution in [-0.2, 0) is 18.3 Å². The topological polar surface area (TPSA) is 52.2 Å². The molecule has 22 heavy (non-hydrogen) atoms. The zero-order chi connectivity index (χ0) is 15.7. The standard InChI is InChI=1S/C17H25N3O2/c1-11-5-6-15(22-11)10-18-9-14-7-8-21-17(14)16-12(2)19-20(4)13(16)3/h5-6,14,17-18H,7-10H2,1-4H3/t14-,17+/m0/s1. The molecule has 2 aromatic rings. The second-order valence-electron chi connectivity index (χ2n) is 6.19. The lowest BCUT2D eigenvalue weighted by Crippen LogP contribution is -2.25. The van der Waals surface area contributed by atoms with Crippen LogP contribution in [0.3, 0.4) is 0 Å². The van der Waals surface area contributed by atoms with Crippen LogP contribution >= 0.6 is 0 Å². The Balaban J connectivity index is 1.63. The van der Waals surface area contributed by atoms with Crippen molar-refractivity contribution in [3.63, 3.8) is 0 Å². The fraction of sp³-hybridized carbons (Fsp3) is 0.588. The van der Waals surface area contributed by atoms with Gasteiger partial charge in [-0.2, -0.15) is 5.10 Å². The molecular weight excluding hydrogens is 278 g/mol. The van der Waals surface area contributed by atoms with E-state index in [0.29, 0.717) is 5.92 Å². The summed E-state index contributed by atoms with van der Waals surface area (Å²) in [7, 11) is 1.99. The Morgan fingerprint density at radius 1 is 1.32 bits per heavy atom. The van der Waals surface area contributed by atoms with Crippen LogP contribution in [0.2, 0.25) is 0 Å². The van der Waals surface area contributed by atoms with Gasteiger partial charge in [0, 0.05) is 37.4 Å². The number of nitrogens with zero attached hydrogens (tertiary/aromatic N) is 2. The average Bonchev–Trinajstić information content (AvgIpc) is 3.14. The number of hydrogen-bond donors (Lipinski definition) is 1. The number of aryl methyl sites for hydroxylation is 3. The Morgan fingerprint density at radius 3 is 2.77 bits per heavy atom. The van der Waals surface area contributed by atoms with E-state index < -0.39 is 0 Å². The number of nitrogens with one attached hydrogen (secondary N) is 1. The molecule has 5 nitrogen and oxygen atoms in total. The molecule has 2 aromatic heterocycles. The van der Waals surface area contributed by atoms with Crippen molar-refractivity contribution in [2.75, 3.05) is 13.2 Å². The zero-order valence-electron chi connectivity index (χ0n) is 13.8. The first kappa shape index (κ1) is 15.3. The molecule has 1 aliphatic rings. The molecule has 1 aliphatic heterocycles. The molecule has 1 N–H and O–H groups in total. The molecule has 0 saturated carbocycles. The highest BCUT2D eigenvalue weighted by Crippen LogP contribution is 2.37. The molecule has 120 valence electrons. The largest absolute Gasteiger partial charge is 0.465 e. The van der Waals surface area contributed by atoms with Gasteiger partial charge in [-0.05, 0) is 39.3 Å². The maximum Gasteiger partial charge on any atom is 0.117 e. The lowest BCUT2D eigenvalue weighted by Gasteiger charge is -2.19. The number of furan rings is 1. The number of aromatic nitrogens is 2. The van der Waals surface area contributed by atoms with Gasteiger partial charge in [-0.25, -0.2) is 0 Å². The number of rotatable bonds is 5. The van der Waals surface area contributed by atoms with E-state index >= 15 is 0 Å². The predicted octanol–water partition coefficient (Wildman–Crippen LogP) is 2.81. The zero-order valence-corrected chi connectivity index (χ0v) is 13.8. The Hall–Kier alpha value is -1.59. The maximum absolute atomic E-state index is 6.02. The quantitative estimate of drug-likeness (QED) is 0.923. The van der Waals surface area contributed by atoms with Crippen molar-refractivity contribution < 1.29 is 9.15 Å². The lowest BCUT2D eigenvalue weighted by molar-refractivity contribution is 0.0892. The third-order valence-corrected chi connectivity index (χ3v) is 4.57. The summed E-state index contributed by atoms with van der Waals surface area (Å²) in [6.45, 7) is 8.68. The van der Waals surface area contributed by atoms with Gasteiger partial charge in [0.15, 0.2) is 0 Å². The van der Waals surface area contributed by atoms with Crippen LogP contribution in [0.1, 0.15) is 41.0 Å². The van der Waals surface area contributed by atoms with Gasteiger partial charge >= 0.3 is 0 Å². The summed E-state index contributed by atoms with van der Waals surface area (Å²) in [5, 5.41) is 8.02. The molecule has 0 aromatic carbocycles. The van der Waals surface area contributed by atoms with Gasteiger partial charge in [0.05, 0.1) is 18.3 Å². The summed E-state index contributed by atoms with van der Waals surface area (Å²) in [4.78, 5) is 0. The van der Waals surface area contributed by atoms with Crippen molar-refractivity contribution in [1.82, 2.24) is 15.1 Å². The summed E-state index contributed by atoms with van der Waals surface area (Å²) >= 11 is 0. The highest BCUT2D eigenvalue weighted by atomic mass is 16.5. The number of hydrogen-bond acceptors (Lipinski definition) is 4. The van der Waals surface area contributed by atoms with Crippen LogP contribution in [0, 0.1) is 26.7 Å². The first-order valence-electron chi connectivity index (χ1n) is 7.94. The van der Waals surface area contributed by atoms with Crippen molar-refractivity contribution in [2.24, 2.45) is 13.0 Å². The van der Waals surface area contributed by atoms with Gasteiger partial charge in [-0.1, -0.05) is 0 Å². The van der Waals surface area contributed by atoms with Crippen LogP contribution in [-0.4, -0.2) is 22.9 Å². The first-order chi connectivity index (χ1) is 10.6. The summed E-state index contributed by atoms with van der Waals surface area (Å²) in [5.74, 6) is 2.43. The molecule has 0 aliphatic carbocycles. The second-order valence-corrected chi connectivity index (χ2v) is 6.19. The molecule has 1 fully saturated rings. The normalized spacial score (nSPS) is 21.6. The van der Waals surface area contributed by atoms with E-state index in [2.05, 4.69) is 24.3 Å². The molecule has 2 atom stereocenters. The highest BCUT2D eigenvalue weighted by molar-refractivity contribution is 5.28. The molecule has 0 radical (unpaired) electrons. The van der Waals surface area contributed by atoms with Gasteiger partial charge in [0.2, 0.25) is 0 Å². The van der Waals surface area contributed by atoms with Crippen LogP contribution in [0.25, 0.3) is 0 Å². The van der Waals surface area contributed by atoms with E-state index in [1.165, 1.54) is 11.3 Å². The smallest absolute Gasteiger partial charge is 0.117 e. The van der Waals surface area contributed by atoms with E-state index in [0.717, 1.165) is 43.3 Å². The van der Waals surface area contributed by atoms with Gasteiger partial charge in [0.1, 0.15) is 11.5 Å². The van der Waals surface area contributed by atoms with Crippen molar-refractivity contribution >= 4 is 0 Å². The van der Waals surface area contributed by atoms with Gasteiger partial charge < -0.3 is 14.5 Å². The Bertz CT molecular complexity index is 644. The van der Waals surface area contributed by atoms with Gasteiger partial charge in [0.25, 0.3) is 0 Å². The van der Waals surface area contributed by atoms with Crippen molar-refractivity contribution in [1.29, 1.82) is 0 Å². The summed E-state index contributed by atoms with van der Waals surface area (Å²) in [6, 6.07) is 4.03. The molecule has 1 saturated heterocycles. The van der Waals surface area contributed by atoms with Gasteiger partial charge in [-0.3, -0.25) is 4.68 Å². The van der Waals surface area contributed by atoms with E-state index in [9.17, 15) is 0 Å². The molecular formula is C17H25N3O2. The second kappa shape index (κ2) is 6.26. The third-order valence-electron chi connectivity index (χ3n) is 4.57.